The van der Waals surface area contributed by atoms with E-state index in [1.54, 1.807) is 0 Å². The van der Waals surface area contributed by atoms with Crippen molar-refractivity contribution in [2.45, 2.75) is 44.6 Å². The highest BCUT2D eigenvalue weighted by molar-refractivity contribution is 5.98. The Hall–Kier alpha value is -3.64. The standard InChI is InChI=1S/C32H37N3O3/c1-24(15-16-25-9-3-2-4-10-25)33-32(37)28-12-6-5-11-27(28)26-17-19-34(20-18-26)21-22-35-29-13-7-8-14-30(29)38-23-31(35)36/h2-14,24,26H,15-23H2,1H3,(H,33,37). The fourth-order valence-corrected chi connectivity index (χ4v) is 5.57. The SMILES string of the molecule is CC(CCc1ccccc1)NC(=O)c1ccccc1C1CCN(CCN2C(=O)COc3ccccc32)CC1. The normalized spacial score (nSPS) is 17.0. The summed E-state index contributed by atoms with van der Waals surface area (Å²) in [6, 6.07) is 26.3. The first-order valence-corrected chi connectivity index (χ1v) is 13.8. The quantitative estimate of drug-likeness (QED) is 0.437. The second-order valence-electron chi connectivity index (χ2n) is 10.4. The molecule has 3 aromatic rings. The minimum atomic E-state index is 0.0107. The van der Waals surface area contributed by atoms with Crippen LogP contribution in [0.5, 0.6) is 5.75 Å². The van der Waals surface area contributed by atoms with Crippen molar-refractivity contribution in [2.24, 2.45) is 0 Å². The smallest absolute Gasteiger partial charge is 0.265 e. The summed E-state index contributed by atoms with van der Waals surface area (Å²) in [7, 11) is 0. The molecular weight excluding hydrogens is 474 g/mol. The van der Waals surface area contributed by atoms with Crippen LogP contribution in [0, 0.1) is 0 Å². The molecule has 2 heterocycles. The van der Waals surface area contributed by atoms with Gasteiger partial charge in [0.05, 0.1) is 5.69 Å². The average Bonchev–Trinajstić information content (AvgIpc) is 2.96. The Kier molecular flexibility index (Phi) is 8.39. The van der Waals surface area contributed by atoms with Gasteiger partial charge >= 0.3 is 0 Å². The van der Waals surface area contributed by atoms with Crippen molar-refractivity contribution < 1.29 is 14.3 Å². The van der Waals surface area contributed by atoms with Gasteiger partial charge in [0, 0.05) is 24.7 Å². The van der Waals surface area contributed by atoms with E-state index in [1.165, 1.54) is 5.56 Å². The molecule has 0 bridgehead atoms. The van der Waals surface area contributed by atoms with Gasteiger partial charge in [-0.1, -0.05) is 60.7 Å². The largest absolute Gasteiger partial charge is 0.482 e. The fraction of sp³-hybridized carbons (Fsp3) is 0.375. The van der Waals surface area contributed by atoms with Crippen LogP contribution in [-0.2, 0) is 11.2 Å². The van der Waals surface area contributed by atoms with Gasteiger partial charge in [-0.2, -0.15) is 0 Å². The molecule has 0 saturated carbocycles. The highest BCUT2D eigenvalue weighted by Crippen LogP contribution is 2.33. The van der Waals surface area contributed by atoms with Crippen molar-refractivity contribution in [1.29, 1.82) is 0 Å². The first-order valence-electron chi connectivity index (χ1n) is 13.8. The van der Waals surface area contributed by atoms with Gasteiger partial charge in [-0.3, -0.25) is 9.59 Å². The number of hydrogen-bond acceptors (Lipinski definition) is 4. The van der Waals surface area contributed by atoms with Gasteiger partial charge in [0.15, 0.2) is 6.61 Å². The molecule has 38 heavy (non-hydrogen) atoms. The van der Waals surface area contributed by atoms with Crippen molar-refractivity contribution in [3.05, 3.63) is 95.6 Å². The van der Waals surface area contributed by atoms with Gasteiger partial charge in [0.1, 0.15) is 5.75 Å². The van der Waals surface area contributed by atoms with Gasteiger partial charge in [-0.05, 0) is 80.9 Å². The second-order valence-corrected chi connectivity index (χ2v) is 10.4. The third-order valence-electron chi connectivity index (χ3n) is 7.77. The van der Waals surface area contributed by atoms with E-state index in [1.807, 2.05) is 53.4 Å². The van der Waals surface area contributed by atoms with Crippen LogP contribution in [0.25, 0.3) is 0 Å². The molecule has 5 rings (SSSR count). The van der Waals surface area contributed by atoms with E-state index in [0.717, 1.165) is 67.9 Å². The van der Waals surface area contributed by atoms with E-state index in [-0.39, 0.29) is 24.5 Å². The number of para-hydroxylation sites is 2. The Morgan fingerprint density at radius 3 is 2.47 bits per heavy atom. The number of hydrogen-bond donors (Lipinski definition) is 1. The molecule has 2 aliphatic heterocycles. The predicted octanol–water partition coefficient (Wildman–Crippen LogP) is 5.04. The number of anilines is 1. The van der Waals surface area contributed by atoms with Crippen LogP contribution < -0.4 is 15.0 Å². The van der Waals surface area contributed by atoms with E-state index >= 15 is 0 Å². The molecule has 198 valence electrons. The lowest BCUT2D eigenvalue weighted by molar-refractivity contribution is -0.121. The van der Waals surface area contributed by atoms with E-state index in [0.29, 0.717) is 12.5 Å². The van der Waals surface area contributed by atoms with E-state index in [4.69, 9.17) is 4.74 Å². The lowest BCUT2D eigenvalue weighted by Gasteiger charge is -2.35. The lowest BCUT2D eigenvalue weighted by Crippen LogP contribution is -2.45. The molecule has 0 aliphatic carbocycles. The van der Waals surface area contributed by atoms with E-state index in [2.05, 4.69) is 47.5 Å². The topological polar surface area (TPSA) is 61.9 Å². The molecule has 1 fully saturated rings. The summed E-state index contributed by atoms with van der Waals surface area (Å²) in [4.78, 5) is 30.0. The molecule has 0 spiro atoms. The molecule has 3 aromatic carbocycles. The number of ether oxygens (including phenoxy) is 1. The molecule has 6 heteroatoms. The maximum atomic E-state index is 13.2. The second kappa shape index (κ2) is 12.3. The van der Waals surface area contributed by atoms with Crippen LogP contribution in [0.15, 0.2) is 78.9 Å². The number of nitrogens with one attached hydrogen (secondary N) is 1. The fourth-order valence-electron chi connectivity index (χ4n) is 5.57. The summed E-state index contributed by atoms with van der Waals surface area (Å²) in [6.45, 7) is 5.57. The molecule has 1 unspecified atom stereocenters. The summed E-state index contributed by atoms with van der Waals surface area (Å²) in [5, 5.41) is 3.23. The number of carbonyl (C=O) groups is 2. The third-order valence-corrected chi connectivity index (χ3v) is 7.77. The summed E-state index contributed by atoms with van der Waals surface area (Å²) >= 11 is 0. The van der Waals surface area contributed by atoms with Crippen LogP contribution in [0.3, 0.4) is 0 Å². The van der Waals surface area contributed by atoms with Gasteiger partial charge < -0.3 is 19.9 Å². The van der Waals surface area contributed by atoms with Crippen LogP contribution in [0.2, 0.25) is 0 Å². The molecule has 1 N–H and O–H groups in total. The average molecular weight is 512 g/mol. The Bertz CT molecular complexity index is 1240. The highest BCUT2D eigenvalue weighted by atomic mass is 16.5. The number of piperidine rings is 1. The zero-order chi connectivity index (χ0) is 26.3. The summed E-state index contributed by atoms with van der Waals surface area (Å²) in [5.74, 6) is 1.17. The zero-order valence-electron chi connectivity index (χ0n) is 22.1. The number of likely N-dealkylation sites (tertiary alicyclic amines) is 1. The monoisotopic (exact) mass is 511 g/mol. The highest BCUT2D eigenvalue weighted by Gasteiger charge is 2.28. The molecule has 0 radical (unpaired) electrons. The van der Waals surface area contributed by atoms with Crippen LogP contribution in [0.4, 0.5) is 5.69 Å². The summed E-state index contributed by atoms with van der Waals surface area (Å²) in [6.07, 6.45) is 3.86. The van der Waals surface area contributed by atoms with Crippen LogP contribution in [-0.4, -0.2) is 55.5 Å². The Morgan fingerprint density at radius 1 is 0.947 bits per heavy atom. The summed E-state index contributed by atoms with van der Waals surface area (Å²) in [5.41, 5.74) is 4.10. The van der Waals surface area contributed by atoms with Crippen molar-refractivity contribution in [1.82, 2.24) is 10.2 Å². The number of fused-ring (bicyclic) bond motifs is 1. The Labute approximate surface area is 225 Å². The summed E-state index contributed by atoms with van der Waals surface area (Å²) < 4.78 is 5.57. The number of rotatable bonds is 9. The van der Waals surface area contributed by atoms with Crippen molar-refractivity contribution in [3.8, 4) is 5.75 Å². The molecule has 0 aromatic heterocycles. The third kappa shape index (κ3) is 6.25. The molecule has 1 atom stereocenters. The maximum Gasteiger partial charge on any atom is 0.265 e. The van der Waals surface area contributed by atoms with Gasteiger partial charge in [0.25, 0.3) is 11.8 Å². The first-order chi connectivity index (χ1) is 18.6. The molecule has 1 saturated heterocycles. The minimum absolute atomic E-state index is 0.0107. The van der Waals surface area contributed by atoms with Crippen LogP contribution in [0.1, 0.15) is 53.6 Å². The molecular formula is C32H37N3O3. The first kappa shape index (κ1) is 26.0. The Balaban J connectivity index is 1.14. The number of amides is 2. The number of benzene rings is 3. The number of nitrogens with zero attached hydrogens (tertiary/aromatic N) is 2. The van der Waals surface area contributed by atoms with Gasteiger partial charge in [-0.15, -0.1) is 0 Å². The number of carbonyl (C=O) groups excluding carboxylic acids is 2. The number of aryl methyl sites for hydroxylation is 1. The maximum absolute atomic E-state index is 13.2. The van der Waals surface area contributed by atoms with Crippen molar-refractivity contribution in [2.75, 3.05) is 37.7 Å². The zero-order valence-corrected chi connectivity index (χ0v) is 22.1. The predicted molar refractivity (Wildman–Crippen MR) is 151 cm³/mol. The van der Waals surface area contributed by atoms with Crippen LogP contribution >= 0.6 is 0 Å². The van der Waals surface area contributed by atoms with E-state index in [9.17, 15) is 9.59 Å². The Morgan fingerprint density at radius 2 is 1.66 bits per heavy atom. The minimum Gasteiger partial charge on any atom is -0.482 e. The van der Waals surface area contributed by atoms with Gasteiger partial charge in [-0.25, -0.2) is 0 Å². The van der Waals surface area contributed by atoms with Crippen molar-refractivity contribution in [3.63, 3.8) is 0 Å². The molecule has 6 nitrogen and oxygen atoms in total. The molecule has 2 aliphatic rings. The van der Waals surface area contributed by atoms with E-state index < -0.39 is 0 Å². The van der Waals surface area contributed by atoms with Crippen molar-refractivity contribution >= 4 is 17.5 Å². The molecule has 2 amide bonds. The van der Waals surface area contributed by atoms with Gasteiger partial charge in [0.2, 0.25) is 0 Å². The lowest BCUT2D eigenvalue weighted by atomic mass is 9.86.